The number of nitrogens with zero attached hydrogens (tertiary/aromatic N) is 1. The second-order valence-electron chi connectivity index (χ2n) is 5.39. The first-order valence-corrected chi connectivity index (χ1v) is 8.27. The van der Waals surface area contributed by atoms with Crippen molar-refractivity contribution in [2.75, 3.05) is 6.61 Å². The summed E-state index contributed by atoms with van der Waals surface area (Å²) in [5, 5.41) is 12.0. The highest BCUT2D eigenvalue weighted by Gasteiger charge is 2.33. The van der Waals surface area contributed by atoms with Crippen LogP contribution in [0.4, 0.5) is 0 Å². The minimum Gasteiger partial charge on any atom is -0.452 e. The molecule has 0 saturated heterocycles. The molecule has 0 aromatic heterocycles. The number of amides is 1. The van der Waals surface area contributed by atoms with Crippen molar-refractivity contribution >= 4 is 34.5 Å². The van der Waals surface area contributed by atoms with Crippen molar-refractivity contribution in [2.24, 2.45) is 0 Å². The average Bonchev–Trinajstić information content (AvgIpc) is 2.53. The minimum absolute atomic E-state index is 0.367. The topological polar surface area (TPSA) is 79.2 Å². The van der Waals surface area contributed by atoms with Gasteiger partial charge in [0, 0.05) is 3.57 Å². The quantitative estimate of drug-likeness (QED) is 0.610. The predicted molar refractivity (Wildman–Crippen MR) is 89.0 cm³/mol. The summed E-state index contributed by atoms with van der Waals surface area (Å²) in [5.41, 5.74) is -0.392. The Morgan fingerprint density at radius 2 is 2.05 bits per heavy atom. The second-order valence-corrected chi connectivity index (χ2v) is 6.63. The molecule has 1 aromatic rings. The van der Waals surface area contributed by atoms with E-state index in [-0.39, 0.29) is 6.61 Å². The molecule has 6 heteroatoms. The highest BCUT2D eigenvalue weighted by Crippen LogP contribution is 2.27. The molecule has 1 N–H and O–H groups in total. The molecule has 1 amide bonds. The van der Waals surface area contributed by atoms with Gasteiger partial charge in [0.15, 0.2) is 6.61 Å². The highest BCUT2D eigenvalue weighted by atomic mass is 127. The summed E-state index contributed by atoms with van der Waals surface area (Å²) in [6.07, 6.45) is 4.24. The van der Waals surface area contributed by atoms with Gasteiger partial charge in [0.1, 0.15) is 5.54 Å². The van der Waals surface area contributed by atoms with E-state index in [1.165, 1.54) is 0 Å². The van der Waals surface area contributed by atoms with Gasteiger partial charge in [-0.15, -0.1) is 0 Å². The number of hydrogen-bond donors (Lipinski definition) is 1. The van der Waals surface area contributed by atoms with E-state index in [4.69, 9.17) is 4.74 Å². The number of benzene rings is 1. The molecule has 0 atom stereocenters. The third-order valence-electron chi connectivity index (χ3n) is 3.69. The van der Waals surface area contributed by atoms with Crippen molar-refractivity contribution in [2.45, 2.75) is 37.6 Å². The standard InChI is InChI=1S/C16H17IN2O3/c17-13-6-4-5-12(9-13)15(21)22-10-14(20)19-16(11-18)7-2-1-3-8-16/h4-6,9H,1-3,7-8,10H2,(H,19,20). The lowest BCUT2D eigenvalue weighted by atomic mass is 9.83. The Kier molecular flexibility index (Phi) is 5.77. The Bertz CT molecular complexity index is 604. The number of nitriles is 1. The maximum Gasteiger partial charge on any atom is 0.338 e. The monoisotopic (exact) mass is 412 g/mol. The Labute approximate surface area is 143 Å². The fourth-order valence-electron chi connectivity index (χ4n) is 2.55. The zero-order valence-electron chi connectivity index (χ0n) is 12.1. The zero-order chi connectivity index (χ0) is 16.0. The number of nitrogens with one attached hydrogen (secondary N) is 1. The normalized spacial score (nSPS) is 16.4. The van der Waals surface area contributed by atoms with E-state index < -0.39 is 17.4 Å². The Morgan fingerprint density at radius 3 is 2.68 bits per heavy atom. The number of ether oxygens (including phenoxy) is 1. The fourth-order valence-corrected chi connectivity index (χ4v) is 3.10. The molecule has 1 aliphatic carbocycles. The Balaban J connectivity index is 1.87. The fraction of sp³-hybridized carbons (Fsp3) is 0.438. The average molecular weight is 412 g/mol. The van der Waals surface area contributed by atoms with Gasteiger partial charge in [0.25, 0.3) is 5.91 Å². The van der Waals surface area contributed by atoms with Gasteiger partial charge in [0.2, 0.25) is 0 Å². The van der Waals surface area contributed by atoms with Crippen molar-refractivity contribution in [1.29, 1.82) is 5.26 Å². The second kappa shape index (κ2) is 7.58. The molecule has 0 heterocycles. The SMILES string of the molecule is N#CC1(NC(=O)COC(=O)c2cccc(I)c2)CCCCC1. The molecule has 22 heavy (non-hydrogen) atoms. The number of halogens is 1. The van der Waals surface area contributed by atoms with Gasteiger partial charge in [-0.2, -0.15) is 5.26 Å². The largest absolute Gasteiger partial charge is 0.452 e. The third-order valence-corrected chi connectivity index (χ3v) is 4.37. The van der Waals surface area contributed by atoms with E-state index in [1.807, 2.05) is 6.07 Å². The summed E-state index contributed by atoms with van der Waals surface area (Å²) in [4.78, 5) is 23.8. The molecular weight excluding hydrogens is 395 g/mol. The van der Waals surface area contributed by atoms with Crippen molar-refractivity contribution in [3.8, 4) is 6.07 Å². The smallest absolute Gasteiger partial charge is 0.338 e. The molecule has 0 radical (unpaired) electrons. The molecule has 1 saturated carbocycles. The van der Waals surface area contributed by atoms with Gasteiger partial charge in [-0.25, -0.2) is 4.79 Å². The van der Waals surface area contributed by atoms with Gasteiger partial charge in [-0.1, -0.05) is 25.3 Å². The van der Waals surface area contributed by atoms with Crippen molar-refractivity contribution in [1.82, 2.24) is 5.32 Å². The van der Waals surface area contributed by atoms with Gasteiger partial charge in [-0.3, -0.25) is 4.79 Å². The molecule has 0 bridgehead atoms. The lowest BCUT2D eigenvalue weighted by Crippen LogP contribution is -2.50. The van der Waals surface area contributed by atoms with Crippen LogP contribution in [0.2, 0.25) is 0 Å². The van der Waals surface area contributed by atoms with Crippen LogP contribution in [0.25, 0.3) is 0 Å². The molecule has 5 nitrogen and oxygen atoms in total. The van der Waals surface area contributed by atoms with Crippen molar-refractivity contribution in [3.05, 3.63) is 33.4 Å². The van der Waals surface area contributed by atoms with E-state index in [0.29, 0.717) is 18.4 Å². The highest BCUT2D eigenvalue weighted by molar-refractivity contribution is 14.1. The molecule has 1 fully saturated rings. The lowest BCUT2D eigenvalue weighted by molar-refractivity contribution is -0.125. The van der Waals surface area contributed by atoms with E-state index in [2.05, 4.69) is 34.0 Å². The first-order valence-electron chi connectivity index (χ1n) is 7.20. The van der Waals surface area contributed by atoms with Crippen LogP contribution in [0, 0.1) is 14.9 Å². The molecule has 0 spiro atoms. The molecule has 1 aliphatic rings. The number of hydrogen-bond acceptors (Lipinski definition) is 4. The Hall–Kier alpha value is -1.62. The van der Waals surface area contributed by atoms with Crippen LogP contribution in [0.5, 0.6) is 0 Å². The van der Waals surface area contributed by atoms with Crippen LogP contribution in [0.3, 0.4) is 0 Å². The summed E-state index contributed by atoms with van der Waals surface area (Å²) in [5.74, 6) is -0.967. The third kappa shape index (κ3) is 4.44. The van der Waals surface area contributed by atoms with Crippen LogP contribution in [-0.4, -0.2) is 24.0 Å². The van der Waals surface area contributed by atoms with Gasteiger partial charge < -0.3 is 10.1 Å². The van der Waals surface area contributed by atoms with Crippen molar-refractivity contribution < 1.29 is 14.3 Å². The number of rotatable bonds is 4. The Morgan fingerprint density at radius 1 is 1.32 bits per heavy atom. The molecule has 2 rings (SSSR count). The first-order chi connectivity index (χ1) is 10.5. The summed E-state index contributed by atoms with van der Waals surface area (Å²) in [6.45, 7) is -0.367. The molecular formula is C16H17IN2O3. The summed E-state index contributed by atoms with van der Waals surface area (Å²) in [6, 6.07) is 9.15. The maximum atomic E-state index is 11.9. The molecule has 0 unspecified atom stereocenters. The van der Waals surface area contributed by atoms with Crippen LogP contribution >= 0.6 is 22.6 Å². The molecule has 116 valence electrons. The number of carbonyl (C=O) groups is 2. The van der Waals surface area contributed by atoms with E-state index in [9.17, 15) is 14.9 Å². The molecule has 0 aliphatic heterocycles. The van der Waals surface area contributed by atoms with Crippen LogP contribution in [0.15, 0.2) is 24.3 Å². The van der Waals surface area contributed by atoms with Gasteiger partial charge >= 0.3 is 5.97 Å². The lowest BCUT2D eigenvalue weighted by Gasteiger charge is -2.31. The maximum absolute atomic E-state index is 11.9. The van der Waals surface area contributed by atoms with E-state index in [0.717, 1.165) is 22.8 Å². The van der Waals surface area contributed by atoms with Crippen LogP contribution in [-0.2, 0) is 9.53 Å². The zero-order valence-corrected chi connectivity index (χ0v) is 14.3. The first kappa shape index (κ1) is 16.7. The van der Waals surface area contributed by atoms with E-state index in [1.54, 1.807) is 18.2 Å². The number of esters is 1. The van der Waals surface area contributed by atoms with E-state index >= 15 is 0 Å². The summed E-state index contributed by atoms with van der Waals surface area (Å²) >= 11 is 2.10. The van der Waals surface area contributed by atoms with Crippen LogP contribution < -0.4 is 5.32 Å². The summed E-state index contributed by atoms with van der Waals surface area (Å²) < 4.78 is 5.93. The van der Waals surface area contributed by atoms with Gasteiger partial charge in [-0.05, 0) is 53.6 Å². The minimum atomic E-state index is -0.802. The van der Waals surface area contributed by atoms with Crippen molar-refractivity contribution in [3.63, 3.8) is 0 Å². The number of carbonyl (C=O) groups excluding carboxylic acids is 2. The predicted octanol–water partition coefficient (Wildman–Crippen LogP) is 2.79. The summed E-state index contributed by atoms with van der Waals surface area (Å²) in [7, 11) is 0. The molecule has 1 aromatic carbocycles. The van der Waals surface area contributed by atoms with Crippen LogP contribution in [0.1, 0.15) is 42.5 Å². The van der Waals surface area contributed by atoms with Gasteiger partial charge in [0.05, 0.1) is 11.6 Å².